The average Bonchev–Trinajstić information content (AvgIpc) is 2.68. The van der Waals surface area contributed by atoms with Crippen LogP contribution in [0.5, 0.6) is 0 Å². The van der Waals surface area contributed by atoms with Crippen molar-refractivity contribution < 1.29 is 0 Å². The molecule has 0 saturated heterocycles. The Hall–Kier alpha value is -1.43. The average molecular weight is 399 g/mol. The molecule has 0 atom stereocenters. The second kappa shape index (κ2) is 8.60. The Balaban J connectivity index is 2.20. The Morgan fingerprint density at radius 1 is 0.542 bits per heavy atom. The van der Waals surface area contributed by atoms with Crippen LogP contribution in [0.25, 0.3) is 0 Å². The zero-order valence-corrected chi connectivity index (χ0v) is 16.5. The van der Waals surface area contributed by atoms with Crippen LogP contribution in [0.4, 0.5) is 0 Å². The SMILES string of the molecule is BrCCCC[PH](c1ccccc1)(c1ccccc1)c1ccccc1. The van der Waals surface area contributed by atoms with E-state index in [0.29, 0.717) is 0 Å². The Morgan fingerprint density at radius 2 is 0.917 bits per heavy atom. The van der Waals surface area contributed by atoms with E-state index in [4.69, 9.17) is 0 Å². The third kappa shape index (κ3) is 3.63. The molecule has 0 saturated carbocycles. The van der Waals surface area contributed by atoms with Gasteiger partial charge in [0.2, 0.25) is 0 Å². The summed E-state index contributed by atoms with van der Waals surface area (Å²) in [5, 5.41) is 5.61. The molecule has 24 heavy (non-hydrogen) atoms. The van der Waals surface area contributed by atoms with E-state index in [0.717, 1.165) is 5.33 Å². The van der Waals surface area contributed by atoms with Crippen molar-refractivity contribution in [2.45, 2.75) is 12.8 Å². The molecule has 0 unspecified atom stereocenters. The first kappa shape index (κ1) is 17.4. The van der Waals surface area contributed by atoms with Gasteiger partial charge in [-0.05, 0) is 0 Å². The van der Waals surface area contributed by atoms with Crippen molar-refractivity contribution in [3.05, 3.63) is 91.0 Å². The Morgan fingerprint density at radius 3 is 1.25 bits per heavy atom. The van der Waals surface area contributed by atoms with Gasteiger partial charge >= 0.3 is 154 Å². The molecule has 0 aliphatic carbocycles. The van der Waals surface area contributed by atoms with Crippen LogP contribution < -0.4 is 15.9 Å². The Kier molecular flexibility index (Phi) is 6.24. The predicted molar refractivity (Wildman–Crippen MR) is 114 cm³/mol. The molecule has 0 aromatic heterocycles. The molecule has 0 heterocycles. The van der Waals surface area contributed by atoms with Crippen molar-refractivity contribution in [3.63, 3.8) is 0 Å². The minimum absolute atomic E-state index is 1.08. The van der Waals surface area contributed by atoms with Gasteiger partial charge in [0.05, 0.1) is 0 Å². The molecule has 3 aromatic carbocycles. The third-order valence-corrected chi connectivity index (χ3v) is 10.4. The topological polar surface area (TPSA) is 0 Å². The van der Waals surface area contributed by atoms with Crippen LogP contribution in [0.1, 0.15) is 12.8 Å². The zero-order chi connectivity index (χ0) is 16.7. The van der Waals surface area contributed by atoms with Crippen LogP contribution in [0, 0.1) is 0 Å². The second-order valence-corrected chi connectivity index (χ2v) is 11.0. The first-order chi connectivity index (χ1) is 11.9. The van der Waals surface area contributed by atoms with Gasteiger partial charge in [0.1, 0.15) is 0 Å². The quantitative estimate of drug-likeness (QED) is 0.302. The van der Waals surface area contributed by atoms with Gasteiger partial charge < -0.3 is 0 Å². The predicted octanol–water partition coefficient (Wildman–Crippen LogP) is 4.89. The maximum atomic E-state index is 3.60. The first-order valence-corrected chi connectivity index (χ1v) is 11.9. The van der Waals surface area contributed by atoms with E-state index in [1.807, 2.05) is 0 Å². The van der Waals surface area contributed by atoms with Crippen LogP contribution in [0.2, 0.25) is 0 Å². The molecule has 3 aromatic rings. The number of rotatable bonds is 7. The molecule has 0 fully saturated rings. The van der Waals surface area contributed by atoms with E-state index >= 15 is 0 Å². The van der Waals surface area contributed by atoms with Gasteiger partial charge in [0.25, 0.3) is 0 Å². The number of hydrogen-bond donors (Lipinski definition) is 0. The fraction of sp³-hybridized carbons (Fsp3) is 0.182. The molecule has 0 aliphatic rings. The Labute approximate surface area is 154 Å². The van der Waals surface area contributed by atoms with Gasteiger partial charge in [0, 0.05) is 0 Å². The van der Waals surface area contributed by atoms with Crippen LogP contribution in [-0.4, -0.2) is 11.5 Å². The van der Waals surface area contributed by atoms with Crippen LogP contribution in [0.3, 0.4) is 0 Å². The summed E-state index contributed by atoms with van der Waals surface area (Å²) >= 11 is 3.60. The van der Waals surface area contributed by atoms with Crippen LogP contribution >= 0.6 is 23.2 Å². The third-order valence-electron chi connectivity index (χ3n) is 4.74. The van der Waals surface area contributed by atoms with Gasteiger partial charge in [-0.15, -0.1) is 0 Å². The van der Waals surface area contributed by atoms with Gasteiger partial charge in [-0.2, -0.15) is 0 Å². The zero-order valence-electron chi connectivity index (χ0n) is 13.9. The van der Waals surface area contributed by atoms with Crippen LogP contribution in [-0.2, 0) is 0 Å². The molecule has 124 valence electrons. The monoisotopic (exact) mass is 398 g/mol. The van der Waals surface area contributed by atoms with E-state index in [9.17, 15) is 0 Å². The van der Waals surface area contributed by atoms with Crippen molar-refractivity contribution in [2.24, 2.45) is 0 Å². The van der Waals surface area contributed by atoms with Gasteiger partial charge in [-0.1, -0.05) is 0 Å². The summed E-state index contributed by atoms with van der Waals surface area (Å²) in [4.78, 5) is 0. The van der Waals surface area contributed by atoms with Gasteiger partial charge in [-0.25, -0.2) is 0 Å². The van der Waals surface area contributed by atoms with Crippen molar-refractivity contribution in [1.82, 2.24) is 0 Å². The van der Waals surface area contributed by atoms with Crippen molar-refractivity contribution in [1.29, 1.82) is 0 Å². The summed E-state index contributed by atoms with van der Waals surface area (Å²) < 4.78 is 0. The molecule has 0 bridgehead atoms. The molecule has 0 spiro atoms. The first-order valence-electron chi connectivity index (χ1n) is 8.60. The van der Waals surface area contributed by atoms with Crippen molar-refractivity contribution in [2.75, 3.05) is 11.5 Å². The summed E-state index contributed by atoms with van der Waals surface area (Å²) in [6, 6.07) is 33.5. The molecule has 3 rings (SSSR count). The van der Waals surface area contributed by atoms with E-state index in [-0.39, 0.29) is 0 Å². The number of unbranched alkanes of at least 4 members (excludes halogenated alkanes) is 1. The minimum atomic E-state index is -1.98. The number of hydrogen-bond acceptors (Lipinski definition) is 0. The summed E-state index contributed by atoms with van der Waals surface area (Å²) in [5.74, 6) is 0. The fourth-order valence-corrected chi connectivity index (χ4v) is 8.91. The molecule has 0 aliphatic heterocycles. The molecule has 0 radical (unpaired) electrons. The van der Waals surface area contributed by atoms with Gasteiger partial charge in [-0.3, -0.25) is 0 Å². The normalized spacial score (nSPS) is 12.0. The Bertz CT molecular complexity index is 629. The summed E-state index contributed by atoms with van der Waals surface area (Å²) in [7, 11) is -1.98. The maximum absolute atomic E-state index is 3.60. The van der Waals surface area contributed by atoms with Crippen molar-refractivity contribution in [3.8, 4) is 0 Å². The number of benzene rings is 3. The summed E-state index contributed by atoms with van der Waals surface area (Å²) in [5.41, 5.74) is 0. The fourth-order valence-electron chi connectivity index (χ4n) is 3.59. The molecular weight excluding hydrogens is 375 g/mol. The molecule has 2 heteroatoms. The molecule has 0 amide bonds. The second-order valence-electron chi connectivity index (χ2n) is 6.15. The van der Waals surface area contributed by atoms with E-state index in [2.05, 4.69) is 107 Å². The number of alkyl halides is 1. The van der Waals surface area contributed by atoms with E-state index in [1.165, 1.54) is 34.9 Å². The summed E-state index contributed by atoms with van der Waals surface area (Å²) in [6.45, 7) is 0. The van der Waals surface area contributed by atoms with E-state index < -0.39 is 7.26 Å². The van der Waals surface area contributed by atoms with Crippen LogP contribution in [0.15, 0.2) is 91.0 Å². The summed E-state index contributed by atoms with van der Waals surface area (Å²) in [6.07, 6.45) is 3.72. The number of halogens is 1. The molecule has 0 N–H and O–H groups in total. The van der Waals surface area contributed by atoms with E-state index in [1.54, 1.807) is 0 Å². The molecular formula is C22H24BrP. The van der Waals surface area contributed by atoms with Gasteiger partial charge in [0.15, 0.2) is 0 Å². The standard InChI is InChI=1S/C22H24BrP/c23-18-10-11-19-24(20-12-4-1-5-13-20,21-14-6-2-7-15-21)22-16-8-3-9-17-22/h1-9,12-17,24H,10-11,18-19H2. The molecule has 0 nitrogen and oxygen atoms in total. The van der Waals surface area contributed by atoms with Crippen molar-refractivity contribution >= 4 is 39.1 Å².